The van der Waals surface area contributed by atoms with Crippen molar-refractivity contribution in [3.63, 3.8) is 0 Å². The summed E-state index contributed by atoms with van der Waals surface area (Å²) < 4.78 is 45.2. The van der Waals surface area contributed by atoms with Gasteiger partial charge in [0.05, 0.1) is 6.61 Å². The number of anilines is 1. The number of rotatable bonds is 2. The van der Waals surface area contributed by atoms with Crippen LogP contribution in [0, 0.1) is 5.92 Å². The van der Waals surface area contributed by atoms with E-state index >= 15 is 0 Å². The van der Waals surface area contributed by atoms with Crippen molar-refractivity contribution >= 4 is 5.82 Å². The standard InChI is InChI=1S/C11H14F3N3O4/c1-10(4-18)7(19)6(11(12,13)14)8(21-10)17-3-2-5(15)16-9(17)20/h2-3,6-8,18-19H,4H2,1H3,(H2,15,16,20)/t6-,7-,8+,10+/m0/s1. The summed E-state index contributed by atoms with van der Waals surface area (Å²) in [5.41, 5.74) is 2.40. The zero-order valence-electron chi connectivity index (χ0n) is 10.9. The lowest BCUT2D eigenvalue weighted by molar-refractivity contribution is -0.211. The minimum Gasteiger partial charge on any atom is -0.393 e. The summed E-state index contributed by atoms with van der Waals surface area (Å²) in [7, 11) is 0. The van der Waals surface area contributed by atoms with Crippen molar-refractivity contribution < 1.29 is 28.1 Å². The number of nitrogens with two attached hydrogens (primary N) is 1. The number of nitrogen functional groups attached to an aromatic ring is 1. The summed E-state index contributed by atoms with van der Waals surface area (Å²) in [6.07, 6.45) is -7.70. The Labute approximate surface area is 116 Å². The molecule has 0 unspecified atom stereocenters. The number of alkyl halides is 3. The molecule has 2 heterocycles. The highest BCUT2D eigenvalue weighted by Gasteiger charge is 2.62. The molecule has 1 saturated heterocycles. The van der Waals surface area contributed by atoms with E-state index in [1.54, 1.807) is 0 Å². The third kappa shape index (κ3) is 2.61. The van der Waals surface area contributed by atoms with Crippen LogP contribution in [0.25, 0.3) is 0 Å². The molecule has 0 spiro atoms. The van der Waals surface area contributed by atoms with Crippen molar-refractivity contribution in [2.45, 2.75) is 31.0 Å². The summed E-state index contributed by atoms with van der Waals surface area (Å²) >= 11 is 0. The molecule has 0 aliphatic carbocycles. The SMILES string of the molecule is C[C@]1(CO)O[C@@H](n2ccc(N)nc2=O)[C@@H](C(F)(F)F)[C@@H]1O. The number of hydrogen-bond donors (Lipinski definition) is 3. The number of aliphatic hydroxyl groups is 2. The minimum absolute atomic E-state index is 0.150. The summed E-state index contributed by atoms with van der Waals surface area (Å²) in [5.74, 6) is -2.53. The highest BCUT2D eigenvalue weighted by Crippen LogP contribution is 2.48. The van der Waals surface area contributed by atoms with Crippen LogP contribution in [-0.2, 0) is 4.74 Å². The summed E-state index contributed by atoms with van der Waals surface area (Å²) in [6.45, 7) is 0.292. The van der Waals surface area contributed by atoms with Gasteiger partial charge in [-0.1, -0.05) is 0 Å². The minimum atomic E-state index is -4.84. The second kappa shape index (κ2) is 4.97. The van der Waals surface area contributed by atoms with E-state index in [9.17, 15) is 28.2 Å². The highest BCUT2D eigenvalue weighted by atomic mass is 19.4. The number of ether oxygens (including phenoxy) is 1. The normalized spacial score (nSPS) is 33.3. The maximum atomic E-state index is 13.2. The van der Waals surface area contributed by atoms with Crippen LogP contribution < -0.4 is 11.4 Å². The molecule has 1 aromatic heterocycles. The molecule has 7 nitrogen and oxygen atoms in total. The summed E-state index contributed by atoms with van der Waals surface area (Å²) in [6, 6.07) is 1.14. The van der Waals surface area contributed by atoms with Crippen LogP contribution in [0.4, 0.5) is 19.0 Å². The van der Waals surface area contributed by atoms with Crippen LogP contribution >= 0.6 is 0 Å². The number of halogens is 3. The fourth-order valence-electron chi connectivity index (χ4n) is 2.28. The molecule has 0 amide bonds. The van der Waals surface area contributed by atoms with Crippen molar-refractivity contribution in [3.8, 4) is 0 Å². The lowest BCUT2D eigenvalue weighted by Crippen LogP contribution is -2.45. The topological polar surface area (TPSA) is 111 Å². The molecule has 0 aromatic carbocycles. The van der Waals surface area contributed by atoms with Gasteiger partial charge in [-0.3, -0.25) is 4.57 Å². The van der Waals surface area contributed by atoms with Gasteiger partial charge in [-0.15, -0.1) is 0 Å². The molecule has 4 atom stereocenters. The Morgan fingerprint density at radius 2 is 2.19 bits per heavy atom. The van der Waals surface area contributed by atoms with E-state index < -0.39 is 42.3 Å². The average Bonchev–Trinajstić information content (AvgIpc) is 2.62. The number of hydrogen-bond acceptors (Lipinski definition) is 6. The van der Waals surface area contributed by atoms with Crippen molar-refractivity contribution in [1.29, 1.82) is 0 Å². The molecule has 1 aliphatic heterocycles. The van der Waals surface area contributed by atoms with Gasteiger partial charge in [-0.05, 0) is 13.0 Å². The Balaban J connectivity index is 2.52. The molecule has 1 aromatic rings. The van der Waals surface area contributed by atoms with Crippen molar-refractivity contribution in [1.82, 2.24) is 9.55 Å². The van der Waals surface area contributed by atoms with Gasteiger partial charge >= 0.3 is 11.9 Å². The Hall–Kier alpha value is -1.65. The van der Waals surface area contributed by atoms with Crippen molar-refractivity contribution in [3.05, 3.63) is 22.7 Å². The van der Waals surface area contributed by atoms with E-state index in [1.165, 1.54) is 0 Å². The van der Waals surface area contributed by atoms with Crippen LogP contribution in [0.1, 0.15) is 13.2 Å². The number of aliphatic hydroxyl groups excluding tert-OH is 2. The molecule has 1 aliphatic rings. The molecule has 2 rings (SSSR count). The van der Waals surface area contributed by atoms with E-state index in [0.29, 0.717) is 4.57 Å². The van der Waals surface area contributed by atoms with Gasteiger partial charge in [0.1, 0.15) is 23.4 Å². The first-order valence-electron chi connectivity index (χ1n) is 5.98. The van der Waals surface area contributed by atoms with Crippen molar-refractivity contribution in [2.75, 3.05) is 12.3 Å². The van der Waals surface area contributed by atoms with Gasteiger partial charge < -0.3 is 20.7 Å². The molecule has 10 heteroatoms. The molecule has 0 radical (unpaired) electrons. The zero-order chi connectivity index (χ0) is 16.0. The summed E-state index contributed by atoms with van der Waals surface area (Å²) in [5, 5.41) is 19.0. The third-order valence-corrected chi connectivity index (χ3v) is 3.48. The Kier molecular flexibility index (Phi) is 3.72. The summed E-state index contributed by atoms with van der Waals surface area (Å²) in [4.78, 5) is 15.0. The highest BCUT2D eigenvalue weighted by molar-refractivity contribution is 5.23. The van der Waals surface area contributed by atoms with Gasteiger partial charge in [0.2, 0.25) is 0 Å². The lowest BCUT2D eigenvalue weighted by atomic mass is 9.91. The largest absolute Gasteiger partial charge is 0.398 e. The number of aromatic nitrogens is 2. The molecule has 0 bridgehead atoms. The van der Waals surface area contributed by atoms with Crippen LogP contribution in [0.5, 0.6) is 0 Å². The van der Waals surface area contributed by atoms with E-state index in [-0.39, 0.29) is 5.82 Å². The molecule has 21 heavy (non-hydrogen) atoms. The fraction of sp³-hybridized carbons (Fsp3) is 0.636. The Morgan fingerprint density at radius 1 is 1.57 bits per heavy atom. The first kappa shape index (κ1) is 15.7. The van der Waals surface area contributed by atoms with Gasteiger partial charge in [-0.25, -0.2) is 4.79 Å². The van der Waals surface area contributed by atoms with E-state index in [0.717, 1.165) is 19.2 Å². The van der Waals surface area contributed by atoms with E-state index in [1.807, 2.05) is 0 Å². The second-order valence-corrected chi connectivity index (χ2v) is 5.03. The molecule has 4 N–H and O–H groups in total. The monoisotopic (exact) mass is 309 g/mol. The third-order valence-electron chi connectivity index (χ3n) is 3.48. The Bertz CT molecular complexity index is 591. The lowest BCUT2D eigenvalue weighted by Gasteiger charge is -2.26. The number of nitrogens with zero attached hydrogens (tertiary/aromatic N) is 2. The van der Waals surface area contributed by atoms with Crippen LogP contribution in [0.15, 0.2) is 17.1 Å². The van der Waals surface area contributed by atoms with Gasteiger partial charge in [0.15, 0.2) is 6.23 Å². The van der Waals surface area contributed by atoms with Gasteiger partial charge in [-0.2, -0.15) is 18.2 Å². The molecule has 0 saturated carbocycles. The maximum absolute atomic E-state index is 13.2. The Morgan fingerprint density at radius 3 is 2.67 bits per heavy atom. The van der Waals surface area contributed by atoms with Crippen LogP contribution in [0.2, 0.25) is 0 Å². The quantitative estimate of drug-likeness (QED) is 0.688. The smallest absolute Gasteiger partial charge is 0.393 e. The maximum Gasteiger partial charge on any atom is 0.398 e. The first-order valence-corrected chi connectivity index (χ1v) is 5.98. The molecular formula is C11H14F3N3O4. The first-order chi connectivity index (χ1) is 9.60. The second-order valence-electron chi connectivity index (χ2n) is 5.03. The van der Waals surface area contributed by atoms with Gasteiger partial charge in [0, 0.05) is 6.20 Å². The zero-order valence-corrected chi connectivity index (χ0v) is 10.9. The molecular weight excluding hydrogens is 295 g/mol. The average molecular weight is 309 g/mol. The van der Waals surface area contributed by atoms with Crippen LogP contribution in [-0.4, -0.2) is 44.3 Å². The van der Waals surface area contributed by atoms with Gasteiger partial charge in [0.25, 0.3) is 0 Å². The predicted molar refractivity (Wildman–Crippen MR) is 64.1 cm³/mol. The van der Waals surface area contributed by atoms with Crippen molar-refractivity contribution in [2.24, 2.45) is 5.92 Å². The van der Waals surface area contributed by atoms with E-state index in [4.69, 9.17) is 10.5 Å². The molecule has 118 valence electrons. The fourth-order valence-corrected chi connectivity index (χ4v) is 2.28. The molecule has 1 fully saturated rings. The van der Waals surface area contributed by atoms with E-state index in [2.05, 4.69) is 4.98 Å². The van der Waals surface area contributed by atoms with Crippen LogP contribution in [0.3, 0.4) is 0 Å². The predicted octanol–water partition coefficient (Wildman–Crippen LogP) is -0.355.